The predicted molar refractivity (Wildman–Crippen MR) is 83.3 cm³/mol. The summed E-state index contributed by atoms with van der Waals surface area (Å²) in [5.41, 5.74) is 1.29. The minimum Gasteiger partial charge on any atom is -0.494 e. The maximum absolute atomic E-state index is 5.52. The average Bonchev–Trinajstić information content (AvgIpc) is 2.46. The third-order valence-corrected chi connectivity index (χ3v) is 3.74. The van der Waals surface area contributed by atoms with Crippen molar-refractivity contribution >= 4 is 0 Å². The van der Waals surface area contributed by atoms with Crippen molar-refractivity contribution in [2.45, 2.75) is 13.5 Å². The molecule has 0 aromatic heterocycles. The van der Waals surface area contributed by atoms with Crippen molar-refractivity contribution in [2.24, 2.45) is 0 Å². The number of benzene rings is 1. The van der Waals surface area contributed by atoms with Crippen molar-refractivity contribution in [1.29, 1.82) is 0 Å². The Hall–Kier alpha value is -1.10. The van der Waals surface area contributed by atoms with E-state index in [0.29, 0.717) is 0 Å². The number of rotatable bonds is 7. The van der Waals surface area contributed by atoms with Crippen LogP contribution in [0.5, 0.6) is 5.75 Å². The molecule has 4 heteroatoms. The molecule has 0 amide bonds. The van der Waals surface area contributed by atoms with E-state index >= 15 is 0 Å². The molecule has 1 aromatic rings. The number of piperazine rings is 1. The summed E-state index contributed by atoms with van der Waals surface area (Å²) in [5.74, 6) is 0.964. The zero-order valence-electron chi connectivity index (χ0n) is 12.8. The SMILES string of the molecule is CCOc1cccc(CNCCN2CCN(C)CC2)c1. The molecule has 1 fully saturated rings. The van der Waals surface area contributed by atoms with Gasteiger partial charge in [0.2, 0.25) is 0 Å². The molecule has 20 heavy (non-hydrogen) atoms. The minimum atomic E-state index is 0.723. The molecule has 1 heterocycles. The second-order valence-corrected chi connectivity index (χ2v) is 5.40. The second-order valence-electron chi connectivity index (χ2n) is 5.40. The molecule has 1 N–H and O–H groups in total. The van der Waals surface area contributed by atoms with Crippen LogP contribution >= 0.6 is 0 Å². The van der Waals surface area contributed by atoms with Gasteiger partial charge in [0.1, 0.15) is 5.75 Å². The normalized spacial score (nSPS) is 17.3. The van der Waals surface area contributed by atoms with E-state index in [9.17, 15) is 0 Å². The lowest BCUT2D eigenvalue weighted by molar-refractivity contribution is 0.154. The highest BCUT2D eigenvalue weighted by atomic mass is 16.5. The molecule has 0 atom stereocenters. The quantitative estimate of drug-likeness (QED) is 0.763. The summed E-state index contributed by atoms with van der Waals surface area (Å²) >= 11 is 0. The van der Waals surface area contributed by atoms with Crippen LogP contribution in [0.4, 0.5) is 0 Å². The van der Waals surface area contributed by atoms with Gasteiger partial charge in [-0.3, -0.25) is 4.90 Å². The Morgan fingerprint density at radius 2 is 2.00 bits per heavy atom. The molecule has 112 valence electrons. The minimum absolute atomic E-state index is 0.723. The highest BCUT2D eigenvalue weighted by Gasteiger charge is 2.12. The number of likely N-dealkylation sites (N-methyl/N-ethyl adjacent to an activating group) is 1. The maximum atomic E-state index is 5.52. The summed E-state index contributed by atoms with van der Waals surface area (Å²) in [7, 11) is 2.20. The lowest BCUT2D eigenvalue weighted by Gasteiger charge is -2.32. The summed E-state index contributed by atoms with van der Waals surface area (Å²) in [6.07, 6.45) is 0. The molecule has 1 aromatic carbocycles. The molecule has 2 rings (SSSR count). The van der Waals surface area contributed by atoms with Gasteiger partial charge in [-0.05, 0) is 31.7 Å². The van der Waals surface area contributed by atoms with Gasteiger partial charge >= 0.3 is 0 Å². The van der Waals surface area contributed by atoms with Crippen LogP contribution in [0.1, 0.15) is 12.5 Å². The van der Waals surface area contributed by atoms with Crippen molar-refractivity contribution < 1.29 is 4.74 Å². The Morgan fingerprint density at radius 3 is 2.75 bits per heavy atom. The van der Waals surface area contributed by atoms with Crippen molar-refractivity contribution in [2.75, 3.05) is 52.9 Å². The van der Waals surface area contributed by atoms with E-state index in [-0.39, 0.29) is 0 Å². The first kappa shape index (κ1) is 15.3. The number of hydrogen-bond donors (Lipinski definition) is 1. The van der Waals surface area contributed by atoms with E-state index in [4.69, 9.17) is 4.74 Å². The maximum Gasteiger partial charge on any atom is 0.119 e. The van der Waals surface area contributed by atoms with Crippen LogP contribution in [0.15, 0.2) is 24.3 Å². The monoisotopic (exact) mass is 277 g/mol. The molecular weight excluding hydrogens is 250 g/mol. The van der Waals surface area contributed by atoms with Gasteiger partial charge in [-0.1, -0.05) is 12.1 Å². The topological polar surface area (TPSA) is 27.7 Å². The fourth-order valence-electron chi connectivity index (χ4n) is 2.45. The molecule has 0 unspecified atom stereocenters. The number of nitrogens with zero attached hydrogens (tertiary/aromatic N) is 2. The van der Waals surface area contributed by atoms with E-state index in [1.165, 1.54) is 31.7 Å². The second kappa shape index (κ2) is 8.25. The summed E-state index contributed by atoms with van der Waals surface area (Å²) in [4.78, 5) is 4.92. The third kappa shape index (κ3) is 5.12. The van der Waals surface area contributed by atoms with E-state index in [0.717, 1.165) is 32.0 Å². The van der Waals surface area contributed by atoms with Gasteiger partial charge in [0.25, 0.3) is 0 Å². The Morgan fingerprint density at radius 1 is 1.20 bits per heavy atom. The van der Waals surface area contributed by atoms with Crippen molar-refractivity contribution in [3.8, 4) is 5.75 Å². The van der Waals surface area contributed by atoms with Crippen LogP contribution in [-0.4, -0.2) is 62.7 Å². The van der Waals surface area contributed by atoms with Gasteiger partial charge in [-0.2, -0.15) is 0 Å². The van der Waals surface area contributed by atoms with Gasteiger partial charge < -0.3 is 15.0 Å². The van der Waals surface area contributed by atoms with E-state index in [2.05, 4.69) is 40.4 Å². The number of ether oxygens (including phenoxy) is 1. The van der Waals surface area contributed by atoms with Gasteiger partial charge in [-0.25, -0.2) is 0 Å². The number of nitrogens with one attached hydrogen (secondary N) is 1. The highest BCUT2D eigenvalue weighted by molar-refractivity contribution is 5.28. The van der Waals surface area contributed by atoms with Gasteiger partial charge in [0.05, 0.1) is 6.61 Å². The molecule has 1 aliphatic heterocycles. The summed E-state index contributed by atoms with van der Waals surface area (Å²) < 4.78 is 5.52. The highest BCUT2D eigenvalue weighted by Crippen LogP contribution is 2.12. The van der Waals surface area contributed by atoms with Crippen LogP contribution in [0.2, 0.25) is 0 Å². The molecule has 0 aliphatic carbocycles. The Balaban J connectivity index is 1.64. The van der Waals surface area contributed by atoms with Crippen molar-refractivity contribution in [3.05, 3.63) is 29.8 Å². The summed E-state index contributed by atoms with van der Waals surface area (Å²) in [6.45, 7) is 10.6. The summed E-state index contributed by atoms with van der Waals surface area (Å²) in [5, 5.41) is 3.52. The van der Waals surface area contributed by atoms with Crippen LogP contribution in [0, 0.1) is 0 Å². The predicted octanol–water partition coefficient (Wildman–Crippen LogP) is 1.42. The average molecular weight is 277 g/mol. The van der Waals surface area contributed by atoms with Crippen LogP contribution in [0.25, 0.3) is 0 Å². The van der Waals surface area contributed by atoms with Crippen LogP contribution in [0.3, 0.4) is 0 Å². The van der Waals surface area contributed by atoms with E-state index in [1.54, 1.807) is 0 Å². The first-order chi connectivity index (χ1) is 9.78. The first-order valence-corrected chi connectivity index (χ1v) is 7.61. The first-order valence-electron chi connectivity index (χ1n) is 7.61. The molecular formula is C16H27N3O. The standard InChI is InChI=1S/C16H27N3O/c1-3-20-16-6-4-5-15(13-16)14-17-7-8-19-11-9-18(2)10-12-19/h4-6,13,17H,3,7-12,14H2,1-2H3. The van der Waals surface area contributed by atoms with Gasteiger partial charge in [0.15, 0.2) is 0 Å². The van der Waals surface area contributed by atoms with Gasteiger partial charge in [-0.15, -0.1) is 0 Å². The van der Waals surface area contributed by atoms with Crippen molar-refractivity contribution in [3.63, 3.8) is 0 Å². The lowest BCUT2D eigenvalue weighted by atomic mass is 10.2. The largest absolute Gasteiger partial charge is 0.494 e. The molecule has 4 nitrogen and oxygen atoms in total. The molecule has 0 saturated carbocycles. The molecule has 0 spiro atoms. The fraction of sp³-hybridized carbons (Fsp3) is 0.625. The van der Waals surface area contributed by atoms with Gasteiger partial charge in [0, 0.05) is 45.8 Å². The summed E-state index contributed by atoms with van der Waals surface area (Å²) in [6, 6.07) is 8.33. The smallest absolute Gasteiger partial charge is 0.119 e. The number of hydrogen-bond acceptors (Lipinski definition) is 4. The Labute approximate surface area is 122 Å². The van der Waals surface area contributed by atoms with Crippen LogP contribution in [-0.2, 0) is 6.54 Å². The zero-order valence-corrected chi connectivity index (χ0v) is 12.8. The lowest BCUT2D eigenvalue weighted by Crippen LogP contribution is -2.46. The van der Waals surface area contributed by atoms with Crippen molar-refractivity contribution in [1.82, 2.24) is 15.1 Å². The molecule has 0 radical (unpaired) electrons. The fourth-order valence-corrected chi connectivity index (χ4v) is 2.45. The van der Waals surface area contributed by atoms with E-state index in [1.807, 2.05) is 13.0 Å². The van der Waals surface area contributed by atoms with E-state index < -0.39 is 0 Å². The Kier molecular flexibility index (Phi) is 6.30. The molecule has 0 bridgehead atoms. The zero-order chi connectivity index (χ0) is 14.2. The van der Waals surface area contributed by atoms with Crippen LogP contribution < -0.4 is 10.1 Å². The molecule has 1 saturated heterocycles. The Bertz CT molecular complexity index is 389. The third-order valence-electron chi connectivity index (χ3n) is 3.74. The molecule has 1 aliphatic rings.